The van der Waals surface area contributed by atoms with Crippen LogP contribution in [0.3, 0.4) is 0 Å². The Morgan fingerprint density at radius 2 is 1.34 bits per heavy atom. The van der Waals surface area contributed by atoms with Gasteiger partial charge < -0.3 is 19.3 Å². The molecule has 0 saturated heterocycles. The standard InChI is InChI=1S/C31H44O9S/c1-19(2)26(33)38-30-13-23-15-31(18-30,40-41(4,35)36)16-24(14-30)25(23)7-20(3)27(34)39-29-11-21-8-22(12-29)10-28(9-21,17-29)37-6-5-32/h21-25,32H,1,3,5-18H2,2,4H3. The van der Waals surface area contributed by atoms with Crippen molar-refractivity contribution in [3.63, 3.8) is 0 Å². The fourth-order valence-corrected chi connectivity index (χ4v) is 11.4. The molecular weight excluding hydrogens is 548 g/mol. The lowest BCUT2D eigenvalue weighted by atomic mass is 9.47. The monoisotopic (exact) mass is 592 g/mol. The van der Waals surface area contributed by atoms with Crippen molar-refractivity contribution in [2.45, 2.75) is 106 Å². The van der Waals surface area contributed by atoms with Gasteiger partial charge in [-0.25, -0.2) is 9.59 Å². The van der Waals surface area contributed by atoms with Crippen LogP contribution in [0.5, 0.6) is 0 Å². The maximum Gasteiger partial charge on any atom is 0.333 e. The van der Waals surface area contributed by atoms with Gasteiger partial charge in [0, 0.05) is 24.0 Å². The Balaban J connectivity index is 1.16. The Bertz CT molecular complexity index is 1220. The Hall–Kier alpha value is -1.75. The molecule has 4 atom stereocenters. The van der Waals surface area contributed by atoms with Crippen LogP contribution in [0.1, 0.15) is 84.0 Å². The Morgan fingerprint density at radius 3 is 1.90 bits per heavy atom. The molecule has 41 heavy (non-hydrogen) atoms. The average molecular weight is 593 g/mol. The van der Waals surface area contributed by atoms with E-state index < -0.39 is 32.9 Å². The second kappa shape index (κ2) is 9.89. The molecule has 8 aliphatic rings. The number of hydrogen-bond acceptors (Lipinski definition) is 9. The molecule has 0 radical (unpaired) electrons. The summed E-state index contributed by atoms with van der Waals surface area (Å²) in [5.74, 6) is 0.240. The third-order valence-electron chi connectivity index (χ3n) is 10.9. The van der Waals surface area contributed by atoms with Crippen LogP contribution in [-0.2, 0) is 38.1 Å². The van der Waals surface area contributed by atoms with E-state index in [4.69, 9.17) is 18.4 Å². The quantitative estimate of drug-likeness (QED) is 0.215. The molecule has 8 saturated carbocycles. The molecule has 0 heterocycles. The Morgan fingerprint density at radius 1 is 0.829 bits per heavy atom. The number of hydrogen-bond donors (Lipinski definition) is 1. The van der Waals surface area contributed by atoms with E-state index in [1.54, 1.807) is 6.92 Å². The maximum absolute atomic E-state index is 13.6. The highest BCUT2D eigenvalue weighted by Gasteiger charge is 2.65. The van der Waals surface area contributed by atoms with Crippen molar-refractivity contribution in [2.24, 2.45) is 29.6 Å². The molecule has 8 aliphatic carbocycles. The lowest BCUT2D eigenvalue weighted by Gasteiger charge is -2.63. The molecule has 10 heteroatoms. The molecule has 1 N–H and O–H groups in total. The topological polar surface area (TPSA) is 125 Å². The highest BCUT2D eigenvalue weighted by Crippen LogP contribution is 2.64. The molecule has 0 aliphatic heterocycles. The van der Waals surface area contributed by atoms with Gasteiger partial charge in [0.05, 0.1) is 30.7 Å². The van der Waals surface area contributed by atoms with Gasteiger partial charge in [-0.3, -0.25) is 4.18 Å². The zero-order valence-electron chi connectivity index (χ0n) is 24.3. The second-order valence-electron chi connectivity index (χ2n) is 14.6. The van der Waals surface area contributed by atoms with Crippen LogP contribution in [0, 0.1) is 29.6 Å². The van der Waals surface area contributed by atoms with Crippen molar-refractivity contribution >= 4 is 22.1 Å². The minimum atomic E-state index is -3.72. The summed E-state index contributed by atoms with van der Waals surface area (Å²) in [6.07, 6.45) is 9.58. The smallest absolute Gasteiger partial charge is 0.333 e. The van der Waals surface area contributed by atoms with Crippen molar-refractivity contribution in [2.75, 3.05) is 19.5 Å². The Kier molecular flexibility index (Phi) is 7.08. The first-order valence-electron chi connectivity index (χ1n) is 15.1. The summed E-state index contributed by atoms with van der Waals surface area (Å²) in [4.78, 5) is 26.1. The molecule has 8 fully saturated rings. The molecular formula is C31H44O9S. The van der Waals surface area contributed by atoms with Crippen LogP contribution in [0.2, 0.25) is 0 Å². The number of aliphatic hydroxyl groups is 1. The van der Waals surface area contributed by atoms with E-state index in [2.05, 4.69) is 13.2 Å². The lowest BCUT2D eigenvalue weighted by Crippen LogP contribution is -2.64. The third kappa shape index (κ3) is 5.54. The van der Waals surface area contributed by atoms with Gasteiger partial charge in [0.1, 0.15) is 11.2 Å². The van der Waals surface area contributed by atoms with Gasteiger partial charge in [-0.2, -0.15) is 8.42 Å². The normalized spacial score (nSPS) is 43.6. The third-order valence-corrected chi connectivity index (χ3v) is 11.6. The number of ether oxygens (including phenoxy) is 3. The van der Waals surface area contributed by atoms with Crippen LogP contribution in [-0.4, -0.2) is 67.3 Å². The van der Waals surface area contributed by atoms with E-state index in [1.807, 2.05) is 0 Å². The van der Waals surface area contributed by atoms with Gasteiger partial charge in [0.25, 0.3) is 10.1 Å². The molecule has 8 bridgehead atoms. The molecule has 228 valence electrons. The number of carbonyl (C=O) groups is 2. The molecule has 0 aromatic rings. The number of rotatable bonds is 11. The number of carbonyl (C=O) groups excluding carboxylic acids is 2. The van der Waals surface area contributed by atoms with E-state index in [1.165, 1.54) is 0 Å². The first-order valence-corrected chi connectivity index (χ1v) is 16.9. The summed E-state index contributed by atoms with van der Waals surface area (Å²) in [5.41, 5.74) is -1.83. The summed E-state index contributed by atoms with van der Waals surface area (Å²) in [6, 6.07) is 0. The van der Waals surface area contributed by atoms with Crippen LogP contribution >= 0.6 is 0 Å². The van der Waals surface area contributed by atoms with Gasteiger partial charge in [-0.1, -0.05) is 13.2 Å². The molecule has 4 unspecified atom stereocenters. The minimum Gasteiger partial charge on any atom is -0.456 e. The van der Waals surface area contributed by atoms with Crippen LogP contribution < -0.4 is 0 Å². The highest BCUT2D eigenvalue weighted by atomic mass is 32.2. The molecule has 0 spiro atoms. The zero-order valence-corrected chi connectivity index (χ0v) is 25.1. The van der Waals surface area contributed by atoms with Gasteiger partial charge in [-0.15, -0.1) is 0 Å². The van der Waals surface area contributed by atoms with Crippen molar-refractivity contribution in [3.05, 3.63) is 24.3 Å². The van der Waals surface area contributed by atoms with Crippen LogP contribution in [0.4, 0.5) is 0 Å². The van der Waals surface area contributed by atoms with Crippen molar-refractivity contribution in [1.29, 1.82) is 0 Å². The molecule has 9 nitrogen and oxygen atoms in total. The van der Waals surface area contributed by atoms with E-state index in [0.29, 0.717) is 74.5 Å². The van der Waals surface area contributed by atoms with E-state index in [0.717, 1.165) is 38.4 Å². The molecule has 0 aromatic heterocycles. The number of aliphatic hydroxyl groups excluding tert-OH is 1. The summed E-state index contributed by atoms with van der Waals surface area (Å²) in [6.45, 7) is 9.78. The average Bonchev–Trinajstić information content (AvgIpc) is 2.81. The summed E-state index contributed by atoms with van der Waals surface area (Å²) >= 11 is 0. The van der Waals surface area contributed by atoms with Crippen molar-refractivity contribution < 1.29 is 41.5 Å². The molecule has 0 aromatic carbocycles. The fourth-order valence-electron chi connectivity index (χ4n) is 10.5. The second-order valence-corrected chi connectivity index (χ2v) is 16.2. The van der Waals surface area contributed by atoms with E-state index >= 15 is 0 Å². The Labute approximate surface area is 243 Å². The fraction of sp³-hybridized carbons (Fsp3) is 0.806. The first-order chi connectivity index (χ1) is 19.2. The molecule has 8 rings (SSSR count). The number of esters is 2. The summed E-state index contributed by atoms with van der Waals surface area (Å²) in [7, 11) is -3.72. The summed E-state index contributed by atoms with van der Waals surface area (Å²) < 4.78 is 48.7. The SMILES string of the molecule is C=C(C)C(=O)OC12CC3CC(OS(C)(=O)=O)(CC(C1)C3CC(=C)C(=O)OC13CC4CC(CC(OCCO)(C4)C1)C3)C2. The predicted octanol–water partition coefficient (Wildman–Crippen LogP) is 3.99. The highest BCUT2D eigenvalue weighted by molar-refractivity contribution is 7.86. The first kappa shape index (κ1) is 29.3. The van der Waals surface area contributed by atoms with Gasteiger partial charge in [0.2, 0.25) is 0 Å². The summed E-state index contributed by atoms with van der Waals surface area (Å²) in [5, 5.41) is 9.36. The van der Waals surface area contributed by atoms with E-state index in [-0.39, 0.29) is 35.9 Å². The van der Waals surface area contributed by atoms with Gasteiger partial charge in [0.15, 0.2) is 0 Å². The van der Waals surface area contributed by atoms with Gasteiger partial charge in [-0.05, 0) is 101 Å². The molecule has 0 amide bonds. The van der Waals surface area contributed by atoms with Gasteiger partial charge >= 0.3 is 11.9 Å². The van der Waals surface area contributed by atoms with Crippen molar-refractivity contribution in [3.8, 4) is 0 Å². The van der Waals surface area contributed by atoms with Crippen molar-refractivity contribution in [1.82, 2.24) is 0 Å². The lowest BCUT2D eigenvalue weighted by molar-refractivity contribution is -0.233. The van der Waals surface area contributed by atoms with Crippen LogP contribution in [0.15, 0.2) is 24.3 Å². The largest absolute Gasteiger partial charge is 0.456 e. The zero-order chi connectivity index (χ0) is 29.4. The van der Waals surface area contributed by atoms with E-state index in [9.17, 15) is 23.1 Å². The predicted molar refractivity (Wildman–Crippen MR) is 149 cm³/mol. The maximum atomic E-state index is 13.6. The van der Waals surface area contributed by atoms with Crippen LogP contribution in [0.25, 0.3) is 0 Å². The minimum absolute atomic E-state index is 0.0193.